The average Bonchev–Trinajstić information content (AvgIpc) is 3.21. The van der Waals surface area contributed by atoms with Crippen molar-refractivity contribution in [3.05, 3.63) is 59.8 Å². The molecule has 9 nitrogen and oxygen atoms in total. The minimum absolute atomic E-state index is 0.0106. The Bertz CT molecular complexity index is 1060. The topological polar surface area (TPSA) is 95.1 Å². The Morgan fingerprint density at radius 3 is 2.73 bits per heavy atom. The van der Waals surface area contributed by atoms with Gasteiger partial charge in [0.05, 0.1) is 12.1 Å². The van der Waals surface area contributed by atoms with Gasteiger partial charge in [-0.3, -0.25) is 19.3 Å². The Labute approximate surface area is 192 Å². The molecule has 33 heavy (non-hydrogen) atoms. The number of amides is 3. The zero-order chi connectivity index (χ0) is 22.9. The van der Waals surface area contributed by atoms with Gasteiger partial charge in [0.2, 0.25) is 11.8 Å². The van der Waals surface area contributed by atoms with Gasteiger partial charge in [0, 0.05) is 44.0 Å². The number of hydrogen-bond donors (Lipinski definition) is 1. The van der Waals surface area contributed by atoms with Crippen LogP contribution in [-0.4, -0.2) is 95.4 Å². The van der Waals surface area contributed by atoms with Crippen LogP contribution in [0.25, 0.3) is 0 Å². The maximum atomic E-state index is 13.5. The van der Waals surface area contributed by atoms with Gasteiger partial charge in [-0.15, -0.1) is 0 Å². The second-order valence-corrected chi connectivity index (χ2v) is 8.83. The molecule has 1 N–H and O–H groups in total. The minimum Gasteiger partial charge on any atom is -0.475 e. The van der Waals surface area contributed by atoms with Gasteiger partial charge in [-0.2, -0.15) is 0 Å². The number of nitrogens with one attached hydrogen (secondary N) is 1. The summed E-state index contributed by atoms with van der Waals surface area (Å²) in [6, 6.07) is 11.7. The molecule has 0 spiro atoms. The zero-order valence-corrected chi connectivity index (χ0v) is 18.5. The number of benzene rings is 1. The standard InChI is InChI=1S/C24H27N5O4/c1-27-13-17-12-20(27)24(32)29-11-10-28(23(31)16-6-3-2-4-7-16)14-18(29)15-33-22-19(21(30)26-17)8-5-9-25-22/h2-9,17-18,20H,10-15H2,1H3,(H,26,30)/t17-,18+,20+/m1/s1. The van der Waals surface area contributed by atoms with Crippen molar-refractivity contribution in [3.8, 4) is 5.88 Å². The van der Waals surface area contributed by atoms with Gasteiger partial charge < -0.3 is 19.9 Å². The molecule has 1 aromatic heterocycles. The third-order valence-corrected chi connectivity index (χ3v) is 6.67. The highest BCUT2D eigenvalue weighted by molar-refractivity contribution is 5.97. The lowest BCUT2D eigenvalue weighted by molar-refractivity contribution is -0.141. The lowest BCUT2D eigenvalue weighted by Gasteiger charge is -2.42. The Morgan fingerprint density at radius 2 is 1.91 bits per heavy atom. The van der Waals surface area contributed by atoms with Gasteiger partial charge in [-0.05, 0) is 37.7 Å². The first-order valence-corrected chi connectivity index (χ1v) is 11.2. The molecule has 0 radical (unpaired) electrons. The predicted octanol–water partition coefficient (Wildman–Crippen LogP) is 0.630. The summed E-state index contributed by atoms with van der Waals surface area (Å²) in [7, 11) is 1.91. The number of carbonyl (C=O) groups excluding carboxylic acids is 3. The average molecular weight is 450 g/mol. The van der Waals surface area contributed by atoms with Crippen LogP contribution in [0, 0.1) is 0 Å². The number of aromatic nitrogens is 1. The van der Waals surface area contributed by atoms with Crippen LogP contribution in [0.4, 0.5) is 0 Å². The molecule has 0 unspecified atom stereocenters. The SMILES string of the molecule is CN1C[C@H]2C[C@H]1C(=O)N1CCN(C(=O)c3ccccc3)C[C@H]1COc1ncccc1C(=O)N2. The monoisotopic (exact) mass is 449 g/mol. The second-order valence-electron chi connectivity index (χ2n) is 8.83. The molecular weight excluding hydrogens is 422 g/mol. The van der Waals surface area contributed by atoms with Crippen molar-refractivity contribution in [1.82, 2.24) is 25.0 Å². The van der Waals surface area contributed by atoms with Gasteiger partial charge in [0.15, 0.2) is 0 Å². The molecular formula is C24H27N5O4. The molecule has 2 bridgehead atoms. The maximum absolute atomic E-state index is 13.5. The van der Waals surface area contributed by atoms with Gasteiger partial charge in [-0.25, -0.2) is 4.98 Å². The summed E-state index contributed by atoms with van der Waals surface area (Å²) >= 11 is 0. The molecule has 2 fully saturated rings. The van der Waals surface area contributed by atoms with Crippen LogP contribution in [0.5, 0.6) is 5.88 Å². The van der Waals surface area contributed by atoms with Crippen LogP contribution in [0.2, 0.25) is 0 Å². The summed E-state index contributed by atoms with van der Waals surface area (Å²) < 4.78 is 5.98. The molecule has 3 atom stereocenters. The van der Waals surface area contributed by atoms with Crippen molar-refractivity contribution in [3.63, 3.8) is 0 Å². The Kier molecular flexibility index (Phi) is 5.72. The molecule has 0 saturated carbocycles. The summed E-state index contributed by atoms with van der Waals surface area (Å²) in [5, 5.41) is 3.02. The van der Waals surface area contributed by atoms with Crippen LogP contribution in [-0.2, 0) is 4.79 Å². The third kappa shape index (κ3) is 4.16. The predicted molar refractivity (Wildman–Crippen MR) is 120 cm³/mol. The number of hydrogen-bond acceptors (Lipinski definition) is 6. The number of piperazine rings is 1. The van der Waals surface area contributed by atoms with Crippen LogP contribution < -0.4 is 10.1 Å². The summed E-state index contributed by atoms with van der Waals surface area (Å²) in [5.41, 5.74) is 0.989. The fraction of sp³-hybridized carbons (Fsp3) is 0.417. The first-order valence-electron chi connectivity index (χ1n) is 11.2. The van der Waals surface area contributed by atoms with Crippen LogP contribution in [0.15, 0.2) is 48.7 Å². The van der Waals surface area contributed by atoms with E-state index in [2.05, 4.69) is 10.3 Å². The van der Waals surface area contributed by atoms with Crippen molar-refractivity contribution in [2.45, 2.75) is 24.5 Å². The highest BCUT2D eigenvalue weighted by Gasteiger charge is 2.42. The minimum atomic E-state index is -0.344. The van der Waals surface area contributed by atoms with E-state index in [1.807, 2.05) is 35.0 Å². The summed E-state index contributed by atoms with van der Waals surface area (Å²) in [6.07, 6.45) is 2.12. The zero-order valence-electron chi connectivity index (χ0n) is 18.5. The first kappa shape index (κ1) is 21.4. The van der Waals surface area contributed by atoms with E-state index < -0.39 is 0 Å². The largest absolute Gasteiger partial charge is 0.475 e. The molecule has 1 aromatic carbocycles. The van der Waals surface area contributed by atoms with Crippen LogP contribution >= 0.6 is 0 Å². The van der Waals surface area contributed by atoms with E-state index in [1.165, 1.54) is 0 Å². The molecule has 0 aliphatic carbocycles. The highest BCUT2D eigenvalue weighted by Crippen LogP contribution is 2.25. The van der Waals surface area contributed by atoms with Gasteiger partial charge in [0.1, 0.15) is 12.2 Å². The van der Waals surface area contributed by atoms with E-state index >= 15 is 0 Å². The normalized spacial score (nSPS) is 25.8. The fourth-order valence-corrected chi connectivity index (χ4v) is 4.94. The lowest BCUT2D eigenvalue weighted by atomic mass is 10.1. The van der Waals surface area contributed by atoms with E-state index in [-0.39, 0.29) is 48.3 Å². The molecule has 2 saturated heterocycles. The molecule has 3 amide bonds. The molecule has 5 rings (SSSR count). The summed E-state index contributed by atoms with van der Waals surface area (Å²) in [5.74, 6) is -0.0785. The van der Waals surface area contributed by atoms with E-state index in [0.29, 0.717) is 43.7 Å². The molecule has 9 heteroatoms. The number of nitrogens with zero attached hydrogens (tertiary/aromatic N) is 4. The second kappa shape index (κ2) is 8.82. The number of fused-ring (bicyclic) bond motifs is 4. The molecule has 3 aliphatic rings. The highest BCUT2D eigenvalue weighted by atomic mass is 16.5. The van der Waals surface area contributed by atoms with Gasteiger partial charge >= 0.3 is 0 Å². The van der Waals surface area contributed by atoms with Gasteiger partial charge in [0.25, 0.3) is 11.8 Å². The smallest absolute Gasteiger partial charge is 0.257 e. The number of likely N-dealkylation sites (N-methyl/N-ethyl adjacent to an activating group) is 1. The molecule has 3 aliphatic heterocycles. The van der Waals surface area contributed by atoms with Crippen molar-refractivity contribution in [2.24, 2.45) is 0 Å². The maximum Gasteiger partial charge on any atom is 0.257 e. The van der Waals surface area contributed by atoms with E-state index in [4.69, 9.17) is 4.74 Å². The first-order chi connectivity index (χ1) is 16.0. The summed E-state index contributed by atoms with van der Waals surface area (Å²) in [6.45, 7) is 1.98. The third-order valence-electron chi connectivity index (χ3n) is 6.67. The van der Waals surface area contributed by atoms with Crippen molar-refractivity contribution < 1.29 is 19.1 Å². The van der Waals surface area contributed by atoms with Crippen LogP contribution in [0.3, 0.4) is 0 Å². The lowest BCUT2D eigenvalue weighted by Crippen LogP contribution is -2.61. The Balaban J connectivity index is 1.44. The Hall–Kier alpha value is -3.46. The van der Waals surface area contributed by atoms with Gasteiger partial charge in [-0.1, -0.05) is 18.2 Å². The van der Waals surface area contributed by atoms with E-state index in [1.54, 1.807) is 35.4 Å². The number of ether oxygens (including phenoxy) is 1. The van der Waals surface area contributed by atoms with E-state index in [0.717, 1.165) is 0 Å². The van der Waals surface area contributed by atoms with Crippen LogP contribution in [0.1, 0.15) is 27.1 Å². The summed E-state index contributed by atoms with van der Waals surface area (Å²) in [4.78, 5) is 49.3. The van der Waals surface area contributed by atoms with Crippen molar-refractivity contribution >= 4 is 17.7 Å². The molecule has 4 heterocycles. The Morgan fingerprint density at radius 1 is 1.09 bits per heavy atom. The number of carbonyl (C=O) groups is 3. The van der Waals surface area contributed by atoms with Crippen molar-refractivity contribution in [1.29, 1.82) is 0 Å². The number of rotatable bonds is 1. The number of pyridine rings is 1. The van der Waals surface area contributed by atoms with Crippen molar-refractivity contribution in [2.75, 3.05) is 39.8 Å². The molecule has 172 valence electrons. The fourth-order valence-electron chi connectivity index (χ4n) is 4.94. The molecule has 2 aromatic rings. The number of likely N-dealkylation sites (tertiary alicyclic amines) is 1. The van der Waals surface area contributed by atoms with E-state index in [9.17, 15) is 14.4 Å². The quantitative estimate of drug-likeness (QED) is 0.686.